The number of nitrogens with one attached hydrogen (secondary N) is 1. The van der Waals surface area contributed by atoms with Crippen molar-refractivity contribution in [3.05, 3.63) is 59.2 Å². The van der Waals surface area contributed by atoms with Gasteiger partial charge in [0.2, 0.25) is 5.91 Å². The van der Waals surface area contributed by atoms with E-state index in [0.29, 0.717) is 18.9 Å². The van der Waals surface area contributed by atoms with Crippen LogP contribution in [0.2, 0.25) is 0 Å². The van der Waals surface area contributed by atoms with Gasteiger partial charge in [-0.15, -0.1) is 0 Å². The highest BCUT2D eigenvalue weighted by molar-refractivity contribution is 6.02. The van der Waals surface area contributed by atoms with Crippen LogP contribution in [0.3, 0.4) is 0 Å². The number of nitrogens with zero attached hydrogens (tertiary/aromatic N) is 4. The van der Waals surface area contributed by atoms with Crippen molar-refractivity contribution in [2.45, 2.75) is 20.8 Å². The molecule has 4 rings (SSSR count). The molecule has 1 aliphatic heterocycles. The van der Waals surface area contributed by atoms with Crippen LogP contribution in [0, 0.1) is 20.8 Å². The molecule has 0 aromatic carbocycles. The molecule has 1 aliphatic rings. The minimum atomic E-state index is -0.210. The maximum Gasteiger partial charge on any atom is 0.248 e. The molecule has 156 valence electrons. The lowest BCUT2D eigenvalue weighted by molar-refractivity contribution is -0.111. The number of ether oxygens (including phenoxy) is 1. The highest BCUT2D eigenvalue weighted by atomic mass is 16.5. The predicted molar refractivity (Wildman–Crippen MR) is 115 cm³/mol. The van der Waals surface area contributed by atoms with Crippen molar-refractivity contribution in [1.82, 2.24) is 14.7 Å². The third-order valence-electron chi connectivity index (χ3n) is 5.08. The van der Waals surface area contributed by atoms with Crippen LogP contribution < -0.4 is 10.2 Å². The Kier molecular flexibility index (Phi) is 5.67. The number of aromatic nitrogens is 3. The Morgan fingerprint density at radius 1 is 1.13 bits per heavy atom. The van der Waals surface area contributed by atoms with Crippen LogP contribution in [0.15, 0.2) is 41.1 Å². The van der Waals surface area contributed by atoms with E-state index in [0.717, 1.165) is 47.4 Å². The summed E-state index contributed by atoms with van der Waals surface area (Å²) in [5.74, 6) is 2.17. The Bertz CT molecular complexity index is 1060. The molecular formula is C22H25N5O3. The summed E-state index contributed by atoms with van der Waals surface area (Å²) in [5.41, 5.74) is 3.61. The minimum Gasteiger partial charge on any atom is -0.378 e. The molecule has 0 spiro atoms. The lowest BCUT2D eigenvalue weighted by atomic mass is 10.2. The summed E-state index contributed by atoms with van der Waals surface area (Å²) in [6.45, 7) is 8.92. The van der Waals surface area contributed by atoms with Crippen LogP contribution in [0.5, 0.6) is 0 Å². The smallest absolute Gasteiger partial charge is 0.248 e. The molecule has 0 unspecified atom stereocenters. The predicted octanol–water partition coefficient (Wildman–Crippen LogP) is 3.27. The van der Waals surface area contributed by atoms with Crippen molar-refractivity contribution in [3.8, 4) is 5.82 Å². The Labute approximate surface area is 175 Å². The van der Waals surface area contributed by atoms with Crippen LogP contribution in [0.4, 0.5) is 11.5 Å². The molecular weight excluding hydrogens is 382 g/mol. The molecule has 8 heteroatoms. The number of hydrogen-bond acceptors (Lipinski definition) is 6. The SMILES string of the molecule is Cc1cc(-n2c(C)cc(C=CC(=O)Nc3ccc(N4CCOCC4)nc3)c2C)no1. The highest BCUT2D eigenvalue weighted by Gasteiger charge is 2.13. The topological polar surface area (TPSA) is 85.4 Å². The average molecular weight is 407 g/mol. The highest BCUT2D eigenvalue weighted by Crippen LogP contribution is 2.22. The zero-order valence-corrected chi connectivity index (χ0v) is 17.4. The summed E-state index contributed by atoms with van der Waals surface area (Å²) in [6.07, 6.45) is 5.00. The number of morpholine rings is 1. The third kappa shape index (κ3) is 4.28. The Morgan fingerprint density at radius 3 is 2.60 bits per heavy atom. The zero-order chi connectivity index (χ0) is 21.1. The minimum absolute atomic E-state index is 0.210. The number of aryl methyl sites for hydroxylation is 2. The van der Waals surface area contributed by atoms with Gasteiger partial charge in [-0.05, 0) is 50.6 Å². The van der Waals surface area contributed by atoms with Gasteiger partial charge in [0.05, 0.1) is 25.1 Å². The van der Waals surface area contributed by atoms with E-state index in [2.05, 4.69) is 20.4 Å². The summed E-state index contributed by atoms with van der Waals surface area (Å²) in [5, 5.41) is 6.93. The number of anilines is 2. The quantitative estimate of drug-likeness (QED) is 0.654. The van der Waals surface area contributed by atoms with Crippen LogP contribution in [-0.4, -0.2) is 46.9 Å². The maximum absolute atomic E-state index is 12.4. The van der Waals surface area contributed by atoms with Gasteiger partial charge in [-0.25, -0.2) is 4.98 Å². The van der Waals surface area contributed by atoms with Gasteiger partial charge in [-0.3, -0.25) is 9.36 Å². The first-order valence-electron chi connectivity index (χ1n) is 9.92. The van der Waals surface area contributed by atoms with E-state index in [1.165, 1.54) is 6.08 Å². The number of carbonyl (C=O) groups excluding carboxylic acids is 1. The fraction of sp³-hybridized carbons (Fsp3) is 0.318. The Balaban J connectivity index is 1.42. The second-order valence-corrected chi connectivity index (χ2v) is 7.28. The lowest BCUT2D eigenvalue weighted by Crippen LogP contribution is -2.36. The summed E-state index contributed by atoms with van der Waals surface area (Å²) >= 11 is 0. The fourth-order valence-electron chi connectivity index (χ4n) is 3.56. The molecule has 1 fully saturated rings. The molecule has 4 heterocycles. The standard InChI is InChI=1S/C22H25N5O3/c1-15-12-18(17(3)27(15)21-13-16(2)30-25-21)4-7-22(28)24-19-5-6-20(23-14-19)26-8-10-29-11-9-26/h4-7,12-14H,8-11H2,1-3H3,(H,24,28). The van der Waals surface area contributed by atoms with Crippen LogP contribution in [0.1, 0.15) is 22.7 Å². The van der Waals surface area contributed by atoms with Gasteiger partial charge in [0, 0.05) is 36.6 Å². The number of hydrogen-bond donors (Lipinski definition) is 1. The van der Waals surface area contributed by atoms with E-state index >= 15 is 0 Å². The zero-order valence-electron chi connectivity index (χ0n) is 17.4. The summed E-state index contributed by atoms with van der Waals surface area (Å²) in [4.78, 5) is 19.0. The monoisotopic (exact) mass is 407 g/mol. The largest absolute Gasteiger partial charge is 0.378 e. The molecule has 1 N–H and O–H groups in total. The van der Waals surface area contributed by atoms with Gasteiger partial charge in [-0.1, -0.05) is 5.16 Å². The van der Waals surface area contributed by atoms with Gasteiger partial charge in [0.25, 0.3) is 0 Å². The average Bonchev–Trinajstić information content (AvgIpc) is 3.29. The van der Waals surface area contributed by atoms with Crippen molar-refractivity contribution >= 4 is 23.5 Å². The third-order valence-corrected chi connectivity index (χ3v) is 5.08. The van der Waals surface area contributed by atoms with Gasteiger partial charge in [-0.2, -0.15) is 0 Å². The molecule has 1 amide bonds. The molecule has 0 saturated carbocycles. The Hall–Kier alpha value is -3.39. The summed E-state index contributed by atoms with van der Waals surface area (Å²) in [6, 6.07) is 7.68. The number of pyridine rings is 1. The first kappa shape index (κ1) is 19.9. The molecule has 0 radical (unpaired) electrons. The van der Waals surface area contributed by atoms with Crippen molar-refractivity contribution < 1.29 is 14.1 Å². The van der Waals surface area contributed by atoms with Crippen molar-refractivity contribution in [2.75, 3.05) is 36.5 Å². The molecule has 3 aromatic rings. The maximum atomic E-state index is 12.4. The van der Waals surface area contributed by atoms with E-state index in [4.69, 9.17) is 9.26 Å². The van der Waals surface area contributed by atoms with E-state index in [9.17, 15) is 4.79 Å². The Morgan fingerprint density at radius 2 is 1.93 bits per heavy atom. The molecule has 0 bridgehead atoms. The number of rotatable bonds is 5. The van der Waals surface area contributed by atoms with Gasteiger partial charge in [0.15, 0.2) is 5.82 Å². The van der Waals surface area contributed by atoms with E-state index < -0.39 is 0 Å². The van der Waals surface area contributed by atoms with Gasteiger partial charge in [0.1, 0.15) is 11.6 Å². The van der Waals surface area contributed by atoms with Gasteiger partial charge >= 0.3 is 0 Å². The molecule has 1 saturated heterocycles. The second kappa shape index (κ2) is 8.54. The van der Waals surface area contributed by atoms with E-state index in [1.807, 2.05) is 49.6 Å². The van der Waals surface area contributed by atoms with Crippen LogP contribution in [-0.2, 0) is 9.53 Å². The van der Waals surface area contributed by atoms with Crippen molar-refractivity contribution in [1.29, 1.82) is 0 Å². The fourth-order valence-corrected chi connectivity index (χ4v) is 3.56. The number of carbonyl (C=O) groups is 1. The molecule has 0 atom stereocenters. The van der Waals surface area contributed by atoms with E-state index in [-0.39, 0.29) is 5.91 Å². The summed E-state index contributed by atoms with van der Waals surface area (Å²) < 4.78 is 12.5. The van der Waals surface area contributed by atoms with Gasteiger partial charge < -0.3 is 19.5 Å². The number of amides is 1. The summed E-state index contributed by atoms with van der Waals surface area (Å²) in [7, 11) is 0. The molecule has 3 aromatic heterocycles. The lowest BCUT2D eigenvalue weighted by Gasteiger charge is -2.27. The van der Waals surface area contributed by atoms with Crippen molar-refractivity contribution in [2.24, 2.45) is 0 Å². The van der Waals surface area contributed by atoms with Crippen LogP contribution in [0.25, 0.3) is 11.9 Å². The first-order valence-corrected chi connectivity index (χ1v) is 9.92. The second-order valence-electron chi connectivity index (χ2n) is 7.28. The molecule has 30 heavy (non-hydrogen) atoms. The molecule has 0 aliphatic carbocycles. The van der Waals surface area contributed by atoms with Crippen LogP contribution >= 0.6 is 0 Å². The first-order chi connectivity index (χ1) is 14.5. The van der Waals surface area contributed by atoms with Crippen molar-refractivity contribution in [3.63, 3.8) is 0 Å². The normalized spacial score (nSPS) is 14.4. The van der Waals surface area contributed by atoms with E-state index in [1.54, 1.807) is 12.3 Å². The molecule has 8 nitrogen and oxygen atoms in total.